The maximum atomic E-state index is 13.6. The molecule has 3 nitrogen and oxygen atoms in total. The second-order valence-corrected chi connectivity index (χ2v) is 5.50. The molecule has 0 aliphatic rings. The van der Waals surface area contributed by atoms with Crippen molar-refractivity contribution in [3.05, 3.63) is 70.7 Å². The summed E-state index contributed by atoms with van der Waals surface area (Å²) in [6.07, 6.45) is 0.535. The molecule has 6 heteroatoms. The molecule has 0 bridgehead atoms. The molecule has 1 amide bonds. The Morgan fingerprint density at radius 2 is 1.83 bits per heavy atom. The van der Waals surface area contributed by atoms with E-state index in [0.29, 0.717) is 6.42 Å². The van der Waals surface area contributed by atoms with Crippen LogP contribution >= 0.6 is 0 Å². The number of para-hydroxylation sites is 1. The summed E-state index contributed by atoms with van der Waals surface area (Å²) >= 11 is 0. The number of benzene rings is 2. The molecule has 0 atom stereocenters. The molecule has 2 N–H and O–H groups in total. The number of carbonyl (C=O) groups excluding carboxylic acids is 1. The number of nitrogens with one attached hydrogen (secondary N) is 2. The molecule has 0 fully saturated rings. The molecule has 0 aliphatic heterocycles. The molecule has 0 unspecified atom stereocenters. The highest BCUT2D eigenvalue weighted by Crippen LogP contribution is 2.22. The number of aryl methyl sites for hydroxylation is 1. The average Bonchev–Trinajstić information content (AvgIpc) is 2.88. The summed E-state index contributed by atoms with van der Waals surface area (Å²) in [7, 11) is 0. The first-order valence-corrected chi connectivity index (χ1v) is 7.47. The Labute approximate surface area is 136 Å². The van der Waals surface area contributed by atoms with Crippen LogP contribution in [0.4, 0.5) is 13.2 Å². The monoisotopic (exact) mass is 332 g/mol. The van der Waals surface area contributed by atoms with Gasteiger partial charge in [0.1, 0.15) is 0 Å². The number of aromatic amines is 1. The van der Waals surface area contributed by atoms with E-state index in [4.69, 9.17) is 0 Å². The normalized spacial score (nSPS) is 11.0. The third-order valence-electron chi connectivity index (χ3n) is 3.97. The van der Waals surface area contributed by atoms with Crippen molar-refractivity contribution in [3.63, 3.8) is 0 Å². The lowest BCUT2D eigenvalue weighted by Crippen LogP contribution is -2.27. The van der Waals surface area contributed by atoms with Crippen molar-refractivity contribution in [2.45, 2.75) is 13.3 Å². The Balaban J connectivity index is 1.71. The first-order chi connectivity index (χ1) is 11.5. The van der Waals surface area contributed by atoms with E-state index in [1.54, 1.807) is 0 Å². The van der Waals surface area contributed by atoms with Crippen molar-refractivity contribution >= 4 is 16.8 Å². The van der Waals surface area contributed by atoms with Gasteiger partial charge in [-0.25, -0.2) is 13.2 Å². The molecule has 0 aliphatic carbocycles. The van der Waals surface area contributed by atoms with E-state index >= 15 is 0 Å². The van der Waals surface area contributed by atoms with Crippen LogP contribution in [-0.4, -0.2) is 17.4 Å². The lowest BCUT2D eigenvalue weighted by molar-refractivity contribution is 0.0949. The molecule has 1 heterocycles. The highest BCUT2D eigenvalue weighted by Gasteiger charge is 2.18. The standard InChI is InChI=1S/C18H15F3N2O/c1-10-11(12-4-2-3-5-15(12)23-10)8-9-22-18(24)13-6-7-14(19)17(21)16(13)20/h2-7,23H,8-9H2,1H3,(H,22,24). The number of hydrogen-bond donors (Lipinski definition) is 2. The zero-order chi connectivity index (χ0) is 17.3. The number of halogens is 3. The number of fused-ring (bicyclic) bond motifs is 1. The van der Waals surface area contributed by atoms with E-state index in [2.05, 4.69) is 10.3 Å². The molecule has 0 spiro atoms. The molecule has 2 aromatic carbocycles. The predicted octanol–water partition coefficient (Wildman–Crippen LogP) is 3.87. The molecule has 0 radical (unpaired) electrons. The van der Waals surface area contributed by atoms with Gasteiger partial charge < -0.3 is 10.3 Å². The number of rotatable bonds is 4. The third kappa shape index (κ3) is 2.87. The van der Waals surface area contributed by atoms with Gasteiger partial charge in [-0.15, -0.1) is 0 Å². The minimum Gasteiger partial charge on any atom is -0.358 e. The number of carbonyl (C=O) groups is 1. The highest BCUT2D eigenvalue weighted by atomic mass is 19.2. The number of H-pyrrole nitrogens is 1. The summed E-state index contributed by atoms with van der Waals surface area (Å²) < 4.78 is 39.7. The van der Waals surface area contributed by atoms with Gasteiger partial charge in [0.15, 0.2) is 17.5 Å². The van der Waals surface area contributed by atoms with Gasteiger partial charge in [-0.3, -0.25) is 4.79 Å². The first kappa shape index (κ1) is 16.1. The van der Waals surface area contributed by atoms with E-state index in [0.717, 1.165) is 34.3 Å². The second kappa shape index (κ2) is 6.39. The molecule has 24 heavy (non-hydrogen) atoms. The summed E-state index contributed by atoms with van der Waals surface area (Å²) in [5.74, 6) is -5.21. The van der Waals surface area contributed by atoms with Crippen LogP contribution in [-0.2, 0) is 6.42 Å². The van der Waals surface area contributed by atoms with E-state index in [1.165, 1.54) is 0 Å². The number of aromatic nitrogens is 1. The van der Waals surface area contributed by atoms with Gasteiger partial charge in [0.2, 0.25) is 0 Å². The molecule has 3 rings (SSSR count). The fourth-order valence-corrected chi connectivity index (χ4v) is 2.75. The van der Waals surface area contributed by atoms with E-state index in [-0.39, 0.29) is 6.54 Å². The van der Waals surface area contributed by atoms with Gasteiger partial charge in [0.25, 0.3) is 5.91 Å². The van der Waals surface area contributed by atoms with Crippen LogP contribution in [0.25, 0.3) is 10.9 Å². The quantitative estimate of drug-likeness (QED) is 0.700. The molecule has 0 saturated carbocycles. The average molecular weight is 332 g/mol. The van der Waals surface area contributed by atoms with E-state index in [9.17, 15) is 18.0 Å². The van der Waals surface area contributed by atoms with Gasteiger partial charge in [-0.2, -0.15) is 0 Å². The van der Waals surface area contributed by atoms with Crippen LogP contribution in [0.1, 0.15) is 21.6 Å². The molecule has 0 saturated heterocycles. The molecule has 1 aromatic heterocycles. The summed E-state index contributed by atoms with van der Waals surface area (Å²) in [6.45, 7) is 2.19. The van der Waals surface area contributed by atoms with Crippen molar-refractivity contribution in [2.75, 3.05) is 6.54 Å². The minimum absolute atomic E-state index is 0.250. The molecular weight excluding hydrogens is 317 g/mol. The summed E-state index contributed by atoms with van der Waals surface area (Å²) in [5, 5.41) is 3.59. The maximum absolute atomic E-state index is 13.6. The van der Waals surface area contributed by atoms with Crippen LogP contribution in [0.15, 0.2) is 36.4 Å². The zero-order valence-electron chi connectivity index (χ0n) is 12.9. The van der Waals surface area contributed by atoms with Crippen LogP contribution in [0.2, 0.25) is 0 Å². The van der Waals surface area contributed by atoms with Gasteiger partial charge >= 0.3 is 0 Å². The maximum Gasteiger partial charge on any atom is 0.254 e. The Bertz CT molecular complexity index is 918. The topological polar surface area (TPSA) is 44.9 Å². The fraction of sp³-hybridized carbons (Fsp3) is 0.167. The van der Waals surface area contributed by atoms with Crippen molar-refractivity contribution in [1.29, 1.82) is 0 Å². The smallest absolute Gasteiger partial charge is 0.254 e. The van der Waals surface area contributed by atoms with E-state index < -0.39 is 28.9 Å². The van der Waals surface area contributed by atoms with Gasteiger partial charge in [-0.05, 0) is 37.1 Å². The predicted molar refractivity (Wildman–Crippen MR) is 85.4 cm³/mol. The van der Waals surface area contributed by atoms with Crippen LogP contribution in [0, 0.1) is 24.4 Å². The minimum atomic E-state index is -1.64. The lowest BCUT2D eigenvalue weighted by atomic mass is 10.1. The lowest BCUT2D eigenvalue weighted by Gasteiger charge is -2.07. The Morgan fingerprint density at radius 1 is 1.08 bits per heavy atom. The third-order valence-corrected chi connectivity index (χ3v) is 3.97. The number of amides is 1. The summed E-state index contributed by atoms with van der Waals surface area (Å²) in [4.78, 5) is 15.2. The van der Waals surface area contributed by atoms with Crippen LogP contribution < -0.4 is 5.32 Å². The van der Waals surface area contributed by atoms with Gasteiger partial charge in [0, 0.05) is 23.1 Å². The van der Waals surface area contributed by atoms with E-state index in [1.807, 2.05) is 31.2 Å². The second-order valence-electron chi connectivity index (χ2n) is 5.50. The Hall–Kier alpha value is -2.76. The van der Waals surface area contributed by atoms with Crippen molar-refractivity contribution in [2.24, 2.45) is 0 Å². The van der Waals surface area contributed by atoms with Crippen molar-refractivity contribution < 1.29 is 18.0 Å². The summed E-state index contributed by atoms with van der Waals surface area (Å²) in [6, 6.07) is 9.45. The summed E-state index contributed by atoms with van der Waals surface area (Å²) in [5.41, 5.74) is 2.54. The Kier molecular flexibility index (Phi) is 4.29. The zero-order valence-corrected chi connectivity index (χ0v) is 12.9. The van der Waals surface area contributed by atoms with Gasteiger partial charge in [0.05, 0.1) is 5.56 Å². The molecule has 124 valence electrons. The first-order valence-electron chi connectivity index (χ1n) is 7.47. The van der Waals surface area contributed by atoms with Crippen LogP contribution in [0.3, 0.4) is 0 Å². The largest absolute Gasteiger partial charge is 0.358 e. The fourth-order valence-electron chi connectivity index (χ4n) is 2.75. The molecule has 3 aromatic rings. The SMILES string of the molecule is Cc1[nH]c2ccccc2c1CCNC(=O)c1ccc(F)c(F)c1F. The molecular formula is C18H15F3N2O. The number of hydrogen-bond acceptors (Lipinski definition) is 1. The van der Waals surface area contributed by atoms with Gasteiger partial charge in [-0.1, -0.05) is 18.2 Å². The van der Waals surface area contributed by atoms with Crippen LogP contribution in [0.5, 0.6) is 0 Å². The van der Waals surface area contributed by atoms with Crippen molar-refractivity contribution in [1.82, 2.24) is 10.3 Å². The highest BCUT2D eigenvalue weighted by molar-refractivity contribution is 5.94. The van der Waals surface area contributed by atoms with Crippen molar-refractivity contribution in [3.8, 4) is 0 Å². The Morgan fingerprint density at radius 3 is 2.62 bits per heavy atom.